The number of carboxylic acid groups (broad SMARTS) is 1. The minimum absolute atomic E-state index is 0.240. The normalized spacial score (nSPS) is 10.4. The van der Waals surface area contributed by atoms with Gasteiger partial charge in [-0.2, -0.15) is 0 Å². The fraction of sp³-hybridized carbons (Fsp3) is 0.364. The maximum Gasteiger partial charge on any atom is 0.338 e. The molecule has 1 aromatic rings. The Morgan fingerprint density at radius 3 is 2.81 bits per heavy atom. The number of halogens is 1. The SMILES string of the molecule is COCCOCc1ccc(F)c(C(=O)O)c1. The molecule has 0 saturated carbocycles. The summed E-state index contributed by atoms with van der Waals surface area (Å²) < 4.78 is 23.0. The molecule has 1 N–H and O–H groups in total. The molecule has 1 rings (SSSR count). The summed E-state index contributed by atoms with van der Waals surface area (Å²) in [5.74, 6) is -2.02. The van der Waals surface area contributed by atoms with E-state index in [4.69, 9.17) is 14.6 Å². The number of aromatic carboxylic acids is 1. The second kappa shape index (κ2) is 6.19. The zero-order valence-electron chi connectivity index (χ0n) is 8.90. The van der Waals surface area contributed by atoms with Crippen molar-refractivity contribution in [3.05, 3.63) is 35.1 Å². The number of carboxylic acids is 1. The number of carbonyl (C=O) groups is 1. The van der Waals surface area contributed by atoms with E-state index in [0.29, 0.717) is 18.8 Å². The molecule has 0 saturated heterocycles. The van der Waals surface area contributed by atoms with E-state index in [-0.39, 0.29) is 12.2 Å². The fourth-order valence-corrected chi connectivity index (χ4v) is 1.16. The molecule has 1 aromatic carbocycles. The lowest BCUT2D eigenvalue weighted by Gasteiger charge is -2.05. The molecule has 0 bridgehead atoms. The van der Waals surface area contributed by atoms with E-state index in [2.05, 4.69) is 0 Å². The van der Waals surface area contributed by atoms with Gasteiger partial charge < -0.3 is 14.6 Å². The van der Waals surface area contributed by atoms with Gasteiger partial charge in [0.1, 0.15) is 5.82 Å². The maximum absolute atomic E-state index is 13.0. The van der Waals surface area contributed by atoms with Gasteiger partial charge in [0.05, 0.1) is 25.4 Å². The van der Waals surface area contributed by atoms with E-state index < -0.39 is 11.8 Å². The average Bonchev–Trinajstić information content (AvgIpc) is 2.26. The highest BCUT2D eigenvalue weighted by atomic mass is 19.1. The van der Waals surface area contributed by atoms with Gasteiger partial charge in [-0.15, -0.1) is 0 Å². The number of methoxy groups -OCH3 is 1. The molecule has 0 aliphatic rings. The van der Waals surface area contributed by atoms with Crippen LogP contribution in [0.5, 0.6) is 0 Å². The lowest BCUT2D eigenvalue weighted by molar-refractivity contribution is 0.0613. The summed E-state index contributed by atoms with van der Waals surface area (Å²) in [6, 6.07) is 3.89. The molecule has 0 aliphatic heterocycles. The maximum atomic E-state index is 13.0. The van der Waals surface area contributed by atoms with Crippen LogP contribution in [-0.4, -0.2) is 31.4 Å². The van der Waals surface area contributed by atoms with Crippen molar-refractivity contribution in [2.45, 2.75) is 6.61 Å². The van der Waals surface area contributed by atoms with Gasteiger partial charge in [0.15, 0.2) is 0 Å². The van der Waals surface area contributed by atoms with E-state index in [1.807, 2.05) is 0 Å². The zero-order valence-corrected chi connectivity index (χ0v) is 8.90. The highest BCUT2D eigenvalue weighted by Crippen LogP contribution is 2.11. The van der Waals surface area contributed by atoms with Crippen LogP contribution in [0.15, 0.2) is 18.2 Å². The van der Waals surface area contributed by atoms with Crippen LogP contribution in [-0.2, 0) is 16.1 Å². The minimum Gasteiger partial charge on any atom is -0.478 e. The van der Waals surface area contributed by atoms with Crippen LogP contribution < -0.4 is 0 Å². The van der Waals surface area contributed by atoms with E-state index >= 15 is 0 Å². The Bertz CT molecular complexity index is 365. The third-order valence-corrected chi connectivity index (χ3v) is 1.96. The number of hydrogen-bond donors (Lipinski definition) is 1. The fourth-order valence-electron chi connectivity index (χ4n) is 1.16. The van der Waals surface area contributed by atoms with Crippen molar-refractivity contribution in [3.63, 3.8) is 0 Å². The molecule has 88 valence electrons. The standard InChI is InChI=1S/C11H13FO4/c1-15-4-5-16-7-8-2-3-10(12)9(6-8)11(13)14/h2-3,6H,4-5,7H2,1H3,(H,13,14). The van der Waals surface area contributed by atoms with Crippen LogP contribution in [0.1, 0.15) is 15.9 Å². The van der Waals surface area contributed by atoms with Crippen LogP contribution in [0, 0.1) is 5.82 Å². The Morgan fingerprint density at radius 2 is 2.19 bits per heavy atom. The summed E-state index contributed by atoms with van der Waals surface area (Å²) in [6.07, 6.45) is 0. The molecular weight excluding hydrogens is 215 g/mol. The Labute approximate surface area is 92.6 Å². The van der Waals surface area contributed by atoms with Crippen molar-refractivity contribution in [3.8, 4) is 0 Å². The molecule has 5 heteroatoms. The number of ether oxygens (including phenoxy) is 2. The van der Waals surface area contributed by atoms with Gasteiger partial charge in [0.25, 0.3) is 0 Å². The highest BCUT2D eigenvalue weighted by Gasteiger charge is 2.10. The van der Waals surface area contributed by atoms with Crippen LogP contribution in [0.2, 0.25) is 0 Å². The highest BCUT2D eigenvalue weighted by molar-refractivity contribution is 5.88. The van der Waals surface area contributed by atoms with Crippen LogP contribution >= 0.6 is 0 Å². The lowest BCUT2D eigenvalue weighted by atomic mass is 10.1. The van der Waals surface area contributed by atoms with Crippen LogP contribution in [0.3, 0.4) is 0 Å². The molecule has 4 nitrogen and oxygen atoms in total. The summed E-state index contributed by atoms with van der Waals surface area (Å²) >= 11 is 0. The average molecular weight is 228 g/mol. The minimum atomic E-state index is -1.28. The molecule has 0 aromatic heterocycles. The zero-order chi connectivity index (χ0) is 12.0. The summed E-state index contributed by atoms with van der Waals surface area (Å²) in [7, 11) is 1.56. The van der Waals surface area contributed by atoms with Gasteiger partial charge >= 0.3 is 5.97 Å². The lowest BCUT2D eigenvalue weighted by Crippen LogP contribution is -2.04. The van der Waals surface area contributed by atoms with Crippen molar-refractivity contribution in [2.75, 3.05) is 20.3 Å². The number of benzene rings is 1. The first kappa shape index (κ1) is 12.6. The van der Waals surface area contributed by atoms with Gasteiger partial charge in [0.2, 0.25) is 0 Å². The molecule has 16 heavy (non-hydrogen) atoms. The largest absolute Gasteiger partial charge is 0.478 e. The third-order valence-electron chi connectivity index (χ3n) is 1.96. The molecule has 0 spiro atoms. The third kappa shape index (κ3) is 3.60. The van der Waals surface area contributed by atoms with E-state index in [9.17, 15) is 9.18 Å². The summed E-state index contributed by atoms with van der Waals surface area (Å²) in [5.41, 5.74) is 0.280. The molecular formula is C11H13FO4. The van der Waals surface area contributed by atoms with E-state index in [1.165, 1.54) is 12.1 Å². The summed E-state index contributed by atoms with van der Waals surface area (Å²) in [4.78, 5) is 10.6. The number of hydrogen-bond acceptors (Lipinski definition) is 3. The van der Waals surface area contributed by atoms with Gasteiger partial charge in [-0.1, -0.05) is 6.07 Å². The van der Waals surface area contributed by atoms with Gasteiger partial charge in [0, 0.05) is 7.11 Å². The predicted molar refractivity (Wildman–Crippen MR) is 54.9 cm³/mol. The Morgan fingerprint density at radius 1 is 1.44 bits per heavy atom. The first-order valence-electron chi connectivity index (χ1n) is 4.73. The van der Waals surface area contributed by atoms with E-state index in [1.54, 1.807) is 7.11 Å². The van der Waals surface area contributed by atoms with E-state index in [0.717, 1.165) is 6.07 Å². The molecule has 0 amide bonds. The van der Waals surface area contributed by atoms with Crippen LogP contribution in [0.25, 0.3) is 0 Å². The topological polar surface area (TPSA) is 55.8 Å². The second-order valence-electron chi connectivity index (χ2n) is 3.16. The first-order chi connectivity index (χ1) is 7.65. The number of rotatable bonds is 6. The quantitative estimate of drug-likeness (QED) is 0.753. The molecule has 0 aliphatic carbocycles. The first-order valence-corrected chi connectivity index (χ1v) is 4.73. The Hall–Kier alpha value is -1.46. The summed E-state index contributed by atoms with van der Waals surface area (Å²) in [6.45, 7) is 1.12. The smallest absolute Gasteiger partial charge is 0.338 e. The van der Waals surface area contributed by atoms with Crippen molar-refractivity contribution >= 4 is 5.97 Å². The van der Waals surface area contributed by atoms with Crippen molar-refractivity contribution in [1.82, 2.24) is 0 Å². The Balaban J connectivity index is 2.61. The van der Waals surface area contributed by atoms with Crippen molar-refractivity contribution in [2.24, 2.45) is 0 Å². The Kier molecular flexibility index (Phi) is 4.88. The molecule has 0 fully saturated rings. The summed E-state index contributed by atoms with van der Waals surface area (Å²) in [5, 5.41) is 8.70. The molecule has 0 radical (unpaired) electrons. The van der Waals surface area contributed by atoms with Crippen molar-refractivity contribution in [1.29, 1.82) is 0 Å². The predicted octanol–water partition coefficient (Wildman–Crippen LogP) is 1.69. The molecule has 0 unspecified atom stereocenters. The monoisotopic (exact) mass is 228 g/mol. The van der Waals surface area contributed by atoms with Gasteiger partial charge in [-0.25, -0.2) is 9.18 Å². The second-order valence-corrected chi connectivity index (χ2v) is 3.16. The van der Waals surface area contributed by atoms with Gasteiger partial charge in [-0.3, -0.25) is 0 Å². The van der Waals surface area contributed by atoms with Crippen LogP contribution in [0.4, 0.5) is 4.39 Å². The van der Waals surface area contributed by atoms with Gasteiger partial charge in [-0.05, 0) is 17.7 Å². The van der Waals surface area contributed by atoms with Crippen molar-refractivity contribution < 1.29 is 23.8 Å². The molecule has 0 heterocycles. The molecule has 0 atom stereocenters.